The number of rotatable bonds is 7. The molecular weight excluding hydrogens is 334 g/mol. The van der Waals surface area contributed by atoms with Crippen LogP contribution < -0.4 is 11.3 Å². The minimum absolute atomic E-state index is 0.182. The van der Waals surface area contributed by atoms with Crippen LogP contribution in [0.15, 0.2) is 15.9 Å². The number of hydrogen-bond donors (Lipinski definition) is 2. The van der Waals surface area contributed by atoms with Gasteiger partial charge >= 0.3 is 0 Å². The normalized spacial score (nSPS) is 18.6. The van der Waals surface area contributed by atoms with Gasteiger partial charge in [0, 0.05) is 22.9 Å². The van der Waals surface area contributed by atoms with E-state index in [-0.39, 0.29) is 5.54 Å². The van der Waals surface area contributed by atoms with Gasteiger partial charge in [-0.3, -0.25) is 16.2 Å². The Morgan fingerprint density at radius 1 is 1.35 bits per heavy atom. The van der Waals surface area contributed by atoms with Gasteiger partial charge in [0.05, 0.1) is 3.79 Å². The number of nitrogens with one attached hydrogen (secondary N) is 1. The summed E-state index contributed by atoms with van der Waals surface area (Å²) in [7, 11) is 0. The van der Waals surface area contributed by atoms with Crippen molar-refractivity contribution in [2.24, 2.45) is 5.84 Å². The summed E-state index contributed by atoms with van der Waals surface area (Å²) in [4.78, 5) is 4.06. The minimum atomic E-state index is 0.182. The van der Waals surface area contributed by atoms with Crippen LogP contribution >= 0.6 is 27.3 Å². The van der Waals surface area contributed by atoms with E-state index in [2.05, 4.69) is 52.2 Å². The maximum Gasteiger partial charge on any atom is 0.0701 e. The molecule has 0 amide bonds. The first-order valence-electron chi connectivity index (χ1n) is 7.61. The zero-order chi connectivity index (χ0) is 14.6. The van der Waals surface area contributed by atoms with E-state index in [0.29, 0.717) is 6.04 Å². The van der Waals surface area contributed by atoms with Crippen LogP contribution in [-0.4, -0.2) is 29.6 Å². The second-order valence-electron chi connectivity index (χ2n) is 5.63. The van der Waals surface area contributed by atoms with Crippen LogP contribution in [-0.2, 0) is 6.42 Å². The molecule has 3 nitrogen and oxygen atoms in total. The van der Waals surface area contributed by atoms with Gasteiger partial charge in [-0.15, -0.1) is 11.3 Å². The maximum absolute atomic E-state index is 5.95. The van der Waals surface area contributed by atoms with Crippen molar-refractivity contribution in [3.63, 3.8) is 0 Å². The Morgan fingerprint density at radius 2 is 2.00 bits per heavy atom. The number of likely N-dealkylation sites (tertiary alicyclic amines) is 1. The number of thiophene rings is 1. The molecule has 1 fully saturated rings. The molecule has 0 aliphatic carbocycles. The molecule has 20 heavy (non-hydrogen) atoms. The average Bonchev–Trinajstić information content (AvgIpc) is 3.11. The molecule has 1 aliphatic rings. The molecule has 1 unspecified atom stereocenters. The lowest BCUT2D eigenvalue weighted by Crippen LogP contribution is -2.62. The van der Waals surface area contributed by atoms with Crippen molar-refractivity contribution in [3.05, 3.63) is 20.8 Å². The Bertz CT molecular complexity index is 411. The van der Waals surface area contributed by atoms with Crippen molar-refractivity contribution in [2.75, 3.05) is 13.1 Å². The highest BCUT2D eigenvalue weighted by molar-refractivity contribution is 9.11. The summed E-state index contributed by atoms with van der Waals surface area (Å²) in [5.41, 5.74) is 3.31. The molecule has 0 spiro atoms. The summed E-state index contributed by atoms with van der Waals surface area (Å²) in [6, 6.07) is 4.64. The Morgan fingerprint density at radius 3 is 2.45 bits per heavy atom. The summed E-state index contributed by atoms with van der Waals surface area (Å²) in [6.07, 6.45) is 5.94. The molecule has 2 heterocycles. The van der Waals surface area contributed by atoms with Crippen molar-refractivity contribution in [1.29, 1.82) is 0 Å². The van der Waals surface area contributed by atoms with Crippen LogP contribution in [0.5, 0.6) is 0 Å². The topological polar surface area (TPSA) is 41.3 Å². The molecule has 0 saturated carbocycles. The van der Waals surface area contributed by atoms with Crippen molar-refractivity contribution >= 4 is 27.3 Å². The summed E-state index contributed by atoms with van der Waals surface area (Å²) in [5, 5.41) is 0. The Hall–Kier alpha value is 0.0600. The van der Waals surface area contributed by atoms with E-state index in [9.17, 15) is 0 Å². The number of nitrogens with two attached hydrogens (primary N) is 1. The zero-order valence-electron chi connectivity index (χ0n) is 12.5. The van der Waals surface area contributed by atoms with E-state index in [1.54, 1.807) is 0 Å². The number of nitrogens with zero attached hydrogens (tertiary/aromatic N) is 1. The standard InChI is InChI=1S/C15H26BrN3S/c1-3-15(4-2,19-9-5-6-10-19)13(18-17)11-12-7-8-14(16)20-12/h7-8,13,18H,3-6,9-11,17H2,1-2H3. The molecule has 1 aromatic rings. The first-order chi connectivity index (χ1) is 9.66. The SMILES string of the molecule is CCC(CC)(C(Cc1ccc(Br)s1)NN)N1CCCC1. The molecule has 2 rings (SSSR count). The van der Waals surface area contributed by atoms with E-state index in [4.69, 9.17) is 5.84 Å². The van der Waals surface area contributed by atoms with Crippen LogP contribution in [0.3, 0.4) is 0 Å². The van der Waals surface area contributed by atoms with E-state index < -0.39 is 0 Å². The van der Waals surface area contributed by atoms with Crippen molar-refractivity contribution in [1.82, 2.24) is 10.3 Å². The van der Waals surface area contributed by atoms with Gasteiger partial charge in [-0.25, -0.2) is 0 Å². The zero-order valence-corrected chi connectivity index (χ0v) is 14.9. The molecule has 3 N–H and O–H groups in total. The molecule has 5 heteroatoms. The molecule has 0 aromatic carbocycles. The number of halogens is 1. The van der Waals surface area contributed by atoms with Gasteiger partial charge in [0.1, 0.15) is 0 Å². The van der Waals surface area contributed by atoms with E-state index in [1.807, 2.05) is 11.3 Å². The Labute approximate surface area is 135 Å². The lowest BCUT2D eigenvalue weighted by atomic mass is 9.81. The molecule has 1 atom stereocenters. The van der Waals surface area contributed by atoms with Crippen LogP contribution in [0.4, 0.5) is 0 Å². The third-order valence-electron chi connectivity index (χ3n) is 4.84. The summed E-state index contributed by atoms with van der Waals surface area (Å²) >= 11 is 5.36. The predicted octanol–water partition coefficient (Wildman–Crippen LogP) is 3.54. The lowest BCUT2D eigenvalue weighted by molar-refractivity contribution is 0.0623. The molecule has 1 aliphatic heterocycles. The van der Waals surface area contributed by atoms with Crippen molar-refractivity contribution in [2.45, 2.75) is 57.5 Å². The minimum Gasteiger partial charge on any atom is -0.296 e. The molecule has 114 valence electrons. The fourth-order valence-corrected chi connectivity index (χ4v) is 5.17. The third-order valence-corrected chi connectivity index (χ3v) is 6.49. The fraction of sp³-hybridized carbons (Fsp3) is 0.733. The monoisotopic (exact) mass is 359 g/mol. The molecular formula is C15H26BrN3S. The first-order valence-corrected chi connectivity index (χ1v) is 9.22. The Kier molecular flexibility index (Phi) is 6.05. The summed E-state index contributed by atoms with van der Waals surface area (Å²) < 4.78 is 1.20. The number of hydrazine groups is 1. The first kappa shape index (κ1) is 16.4. The van der Waals surface area contributed by atoms with Crippen LogP contribution in [0.2, 0.25) is 0 Å². The lowest BCUT2D eigenvalue weighted by Gasteiger charge is -2.46. The van der Waals surface area contributed by atoms with Gasteiger partial charge in [0.15, 0.2) is 0 Å². The van der Waals surface area contributed by atoms with Crippen molar-refractivity contribution in [3.8, 4) is 0 Å². The van der Waals surface area contributed by atoms with Gasteiger partial charge in [-0.05, 0) is 66.8 Å². The quantitative estimate of drug-likeness (QED) is 0.577. The largest absolute Gasteiger partial charge is 0.296 e. The maximum atomic E-state index is 5.95. The van der Waals surface area contributed by atoms with Crippen LogP contribution in [0, 0.1) is 0 Å². The highest BCUT2D eigenvalue weighted by Gasteiger charge is 2.41. The second-order valence-corrected chi connectivity index (χ2v) is 8.18. The molecule has 0 radical (unpaired) electrons. The van der Waals surface area contributed by atoms with Gasteiger partial charge in [0.2, 0.25) is 0 Å². The van der Waals surface area contributed by atoms with E-state index >= 15 is 0 Å². The predicted molar refractivity (Wildman–Crippen MR) is 91.0 cm³/mol. The van der Waals surface area contributed by atoms with Crippen molar-refractivity contribution < 1.29 is 0 Å². The van der Waals surface area contributed by atoms with E-state index in [1.165, 1.54) is 34.6 Å². The van der Waals surface area contributed by atoms with Gasteiger partial charge < -0.3 is 0 Å². The van der Waals surface area contributed by atoms with E-state index in [0.717, 1.165) is 19.3 Å². The van der Waals surface area contributed by atoms with Crippen LogP contribution in [0.25, 0.3) is 0 Å². The van der Waals surface area contributed by atoms with Gasteiger partial charge in [0.25, 0.3) is 0 Å². The smallest absolute Gasteiger partial charge is 0.0701 e. The molecule has 1 saturated heterocycles. The summed E-state index contributed by atoms with van der Waals surface area (Å²) in [5.74, 6) is 5.95. The average molecular weight is 360 g/mol. The fourth-order valence-electron chi connectivity index (χ4n) is 3.64. The third kappa shape index (κ3) is 3.28. The molecule has 0 bridgehead atoms. The highest BCUT2D eigenvalue weighted by atomic mass is 79.9. The number of hydrogen-bond acceptors (Lipinski definition) is 4. The highest BCUT2D eigenvalue weighted by Crippen LogP contribution is 2.34. The van der Waals surface area contributed by atoms with Gasteiger partial charge in [-0.2, -0.15) is 0 Å². The molecule has 1 aromatic heterocycles. The van der Waals surface area contributed by atoms with Gasteiger partial charge in [-0.1, -0.05) is 13.8 Å². The van der Waals surface area contributed by atoms with Crippen LogP contribution in [0.1, 0.15) is 44.4 Å². The summed E-state index contributed by atoms with van der Waals surface area (Å²) in [6.45, 7) is 7.04. The second kappa shape index (κ2) is 7.36. The Balaban J connectivity index is 2.19.